The van der Waals surface area contributed by atoms with Crippen LogP contribution in [0.15, 0.2) is 0 Å². The highest BCUT2D eigenvalue weighted by molar-refractivity contribution is 7.89. The van der Waals surface area contributed by atoms with Crippen molar-refractivity contribution in [2.45, 2.75) is 125 Å². The molecule has 8 N–H and O–H groups in total. The second kappa shape index (κ2) is 91.7. The van der Waals surface area contributed by atoms with Crippen molar-refractivity contribution in [3.63, 3.8) is 0 Å². The molecule has 0 aromatic heterocycles. The average molecular weight is 2100 g/mol. The first-order valence-corrected chi connectivity index (χ1v) is 54.6. The molecule has 5 aliphatic rings. The van der Waals surface area contributed by atoms with E-state index in [1.54, 1.807) is 91.6 Å². The maximum Gasteiger partial charge on any atom is 0.279 e. The number of rotatable bonds is 58. The summed E-state index contributed by atoms with van der Waals surface area (Å²) in [6.07, 6.45) is 5.59. The van der Waals surface area contributed by atoms with Crippen molar-refractivity contribution in [1.82, 2.24) is 67.9 Å². The first-order chi connectivity index (χ1) is 62.2. The summed E-state index contributed by atoms with van der Waals surface area (Å²) >= 11 is 0. The maximum atomic E-state index is 11.6. The molecule has 5 aliphatic heterocycles. The van der Waals surface area contributed by atoms with E-state index >= 15 is 0 Å². The molecule has 0 amide bonds. The van der Waals surface area contributed by atoms with Crippen molar-refractivity contribution in [3.05, 3.63) is 0 Å². The second-order valence-electron chi connectivity index (χ2n) is 27.3. The summed E-state index contributed by atoms with van der Waals surface area (Å²) in [6, 6.07) is -0.0416. The van der Waals surface area contributed by atoms with Crippen molar-refractivity contribution < 1.29 is 162 Å². The largest absolute Gasteiger partial charge is 0.383 e. The summed E-state index contributed by atoms with van der Waals surface area (Å²) < 4.78 is 306. The Bertz CT molecular complexity index is 3330. The van der Waals surface area contributed by atoms with Gasteiger partial charge in [0, 0.05) is 258 Å². The van der Waals surface area contributed by atoms with Crippen molar-refractivity contribution >= 4 is 81.5 Å². The normalized spacial score (nSPS) is 15.8. The zero-order valence-electron chi connectivity index (χ0n) is 83.7. The molecule has 806 valence electrons. The van der Waals surface area contributed by atoms with Crippen molar-refractivity contribution in [2.24, 2.45) is 0 Å². The average Bonchev–Trinajstić information content (AvgIpc) is 1.05. The van der Waals surface area contributed by atoms with Gasteiger partial charge in [-0.25, -0.2) is 13.1 Å². The number of nitrogens with one attached hydrogen (secondary N) is 8. The van der Waals surface area contributed by atoms with Crippen molar-refractivity contribution in [3.8, 4) is 0 Å². The van der Waals surface area contributed by atoms with E-state index in [2.05, 4.69) is 47.3 Å². The van der Waals surface area contributed by atoms with Crippen LogP contribution in [0.2, 0.25) is 0 Å². The Balaban J connectivity index is -0.000000259. The van der Waals surface area contributed by atoms with E-state index in [1.165, 1.54) is 89.6 Å². The molecule has 0 aromatic carbocycles. The Morgan fingerprint density at radius 2 is 0.682 bits per heavy atom. The number of nitrogens with zero attached hydrogens (tertiary/aromatic N) is 7. The van der Waals surface area contributed by atoms with E-state index in [0.29, 0.717) is 230 Å². The van der Waals surface area contributed by atoms with Gasteiger partial charge >= 0.3 is 0 Å². The van der Waals surface area contributed by atoms with Gasteiger partial charge in [0.1, 0.15) is 12.9 Å². The lowest BCUT2D eigenvalue weighted by atomic mass is 10.2. The SMILES string of the molecule is CCN(C)S(=O)(=O)NCCOC.CCN(CC)S(=O)(=O)NCCOC.CCOC(COC)OCC.CCS(=O)(=O)NCCOC.COCC(OC)OC.COCC1COCO1.COCC1OCCO1.COCCNS(=O)(=O)N(C)C.COCCNS(=O)(=O)N(C)C(C)C.COCCNS(=O)(=O)N1CCC1.COCCNS(=O)(=O)N1CCCC1.COCCNS(=O)(=O)N1CCCCC1. The van der Waals surface area contributed by atoms with Crippen LogP contribution in [0.25, 0.3) is 0 Å². The number of piperidine rings is 1. The predicted molar refractivity (Wildman–Crippen MR) is 505 cm³/mol. The van der Waals surface area contributed by atoms with Crippen molar-refractivity contribution in [2.75, 3.05) is 364 Å². The van der Waals surface area contributed by atoms with Gasteiger partial charge in [-0.15, -0.1) is 0 Å². The molecule has 1 atom stereocenters. The summed E-state index contributed by atoms with van der Waals surface area (Å²) in [4.78, 5) is 0. The lowest BCUT2D eigenvalue weighted by molar-refractivity contribution is -0.162. The fourth-order valence-electron chi connectivity index (χ4n) is 8.90. The maximum absolute atomic E-state index is 11.6. The van der Waals surface area contributed by atoms with Crippen LogP contribution in [0.5, 0.6) is 0 Å². The van der Waals surface area contributed by atoms with E-state index < -0.39 is 81.5 Å². The molecule has 0 bridgehead atoms. The Kier molecular flexibility index (Phi) is 99.4. The van der Waals surface area contributed by atoms with E-state index in [1.807, 2.05) is 27.7 Å². The monoisotopic (exact) mass is 2090 g/mol. The van der Waals surface area contributed by atoms with Gasteiger partial charge in [-0.05, 0) is 66.7 Å². The van der Waals surface area contributed by atoms with Gasteiger partial charge in [-0.3, -0.25) is 0 Å². The molecule has 0 saturated carbocycles. The first-order valence-electron chi connectivity index (χ1n) is 42.9. The van der Waals surface area contributed by atoms with E-state index in [4.69, 9.17) is 85.3 Å². The van der Waals surface area contributed by atoms with E-state index in [-0.39, 0.29) is 36.8 Å². The van der Waals surface area contributed by atoms with Crippen LogP contribution in [0.4, 0.5) is 0 Å². The van der Waals surface area contributed by atoms with Gasteiger partial charge in [0.15, 0.2) is 18.9 Å². The number of hydrogen-bond donors (Lipinski definition) is 8. The Labute approximate surface area is 795 Å². The predicted octanol–water partition coefficient (Wildman–Crippen LogP) is -2.38. The van der Waals surface area contributed by atoms with Crippen LogP contribution in [0.1, 0.15) is 93.9 Å². The van der Waals surface area contributed by atoms with Gasteiger partial charge in [0.05, 0.1) is 105 Å². The molecule has 5 fully saturated rings. The molecule has 5 saturated heterocycles. The van der Waals surface area contributed by atoms with Crippen LogP contribution >= 0.6 is 0 Å². The summed E-state index contributed by atoms with van der Waals surface area (Å²) in [7, 11) is 2.08. The lowest BCUT2D eigenvalue weighted by Gasteiger charge is -2.29. The molecule has 1 unspecified atom stereocenters. The topological polar surface area (TPSA) is 577 Å². The van der Waals surface area contributed by atoms with Gasteiger partial charge in [0.2, 0.25) is 10.0 Å². The lowest BCUT2D eigenvalue weighted by Crippen LogP contribution is -2.48. The minimum atomic E-state index is -3.33. The molecular formula is C73H175N15O36S8. The Morgan fingerprint density at radius 1 is 0.356 bits per heavy atom. The summed E-state index contributed by atoms with van der Waals surface area (Å²) in [5.41, 5.74) is 0. The second-order valence-corrected chi connectivity index (χ2v) is 42.0. The highest BCUT2D eigenvalue weighted by Gasteiger charge is 2.28. The zero-order chi connectivity index (χ0) is 102. The Hall–Kier alpha value is -1.80. The summed E-state index contributed by atoms with van der Waals surface area (Å²) in [5.74, 6) is 0.122. The van der Waals surface area contributed by atoms with Gasteiger partial charge < -0.3 is 94.7 Å². The number of hydrogen-bond acceptors (Lipinski definition) is 36. The first kappa shape index (κ1) is 143. The van der Waals surface area contributed by atoms with E-state index in [0.717, 1.165) is 42.8 Å². The molecule has 0 radical (unpaired) electrons. The van der Waals surface area contributed by atoms with Crippen LogP contribution in [-0.2, 0) is 176 Å². The van der Waals surface area contributed by atoms with Crippen molar-refractivity contribution in [1.29, 1.82) is 0 Å². The highest BCUT2D eigenvalue weighted by atomic mass is 32.2. The standard InChI is InChI=1S/C8H18N2O3S.C7H16N2O3S.2C7H18N2O3S.C7H16O3.C6H14N2O3S.C6H16N2O3S.C5H14N2O3S.C5H13NO3S.2C5H10O3.C5H12O3/c1-13-8-5-9-14(11,12)10-6-3-2-4-7-10;1-12-7-4-8-13(10,11)9-5-2-3-6-9;1-7(2)9(3)13(10,11)8-5-6-12-4;1-4-9(5-2)13(10,11)8-6-7-12-3;1-4-9-7(6-8-3)10-5-2;1-11-6-3-7-12(9,10)8-4-2-5-8;1-4-8(2)12(9,10)7-5-6-11-3;1-7(2)11(8,9)6-4-5-10-3;1-3-10(7,8)6-4-5-9-2;1-6-2-5-3-7-4-8-5;1-6-4-5-7-2-3-8-5;1-6-4-5(7-2)8-3/h9H,2-8H2,1H3;8H,2-7H2,1H3;7-8H,5-6H2,1-4H3;8H,4-7H2,1-3H3;7H,4-6H2,1-3H3;7H,2-6H2,1H3;7H,4-6H2,1-3H3;6H,4-5H2,1-3H3;6H,3-5H2,1-2H3;2*5H,2-4H2,1H3;5H,4H2,1-3H3. The van der Waals surface area contributed by atoms with Crippen LogP contribution in [0, 0.1) is 0 Å². The fraction of sp³-hybridized carbons (Fsp3) is 1.00. The van der Waals surface area contributed by atoms with Crippen LogP contribution in [0.3, 0.4) is 0 Å². The quantitative estimate of drug-likeness (QED) is 0.0233. The smallest absolute Gasteiger partial charge is 0.279 e. The molecule has 0 aliphatic carbocycles. The molecular weight excluding hydrogens is 1920 g/mol. The molecule has 5 heterocycles. The molecule has 132 heavy (non-hydrogen) atoms. The molecule has 59 heteroatoms. The van der Waals surface area contributed by atoms with Crippen LogP contribution < -0.4 is 37.8 Å². The van der Waals surface area contributed by atoms with Gasteiger partial charge in [0.25, 0.3) is 71.5 Å². The fourth-order valence-corrected chi connectivity index (χ4v) is 17.1. The molecule has 0 spiro atoms. The third kappa shape index (κ3) is 82.9. The molecule has 5 rings (SSSR count). The third-order valence-corrected chi connectivity index (χ3v) is 29.7. The highest BCUT2D eigenvalue weighted by Crippen LogP contribution is 2.14. The van der Waals surface area contributed by atoms with Crippen LogP contribution in [-0.4, -0.2) is 492 Å². The minimum Gasteiger partial charge on any atom is -0.383 e. The number of ether oxygens (including phenoxy) is 20. The summed E-state index contributed by atoms with van der Waals surface area (Å²) in [5, 5.41) is 0. The van der Waals surface area contributed by atoms with Gasteiger partial charge in [-0.2, -0.15) is 122 Å². The zero-order valence-corrected chi connectivity index (χ0v) is 90.2. The van der Waals surface area contributed by atoms with E-state index in [9.17, 15) is 67.3 Å². The number of methoxy groups -OCH3 is 14. The molecule has 0 aromatic rings. The Morgan fingerprint density at radius 3 is 0.955 bits per heavy atom. The van der Waals surface area contributed by atoms with Gasteiger partial charge in [-0.1, -0.05) is 27.2 Å². The summed E-state index contributed by atoms with van der Waals surface area (Å²) in [6.45, 7) is 31.5. The third-order valence-electron chi connectivity index (χ3n) is 16.7. The minimum absolute atomic E-state index is 0.0416. The number of sulfonamides is 1. The molecule has 51 nitrogen and oxygen atoms in total.